The van der Waals surface area contributed by atoms with Gasteiger partial charge in [0.05, 0.1) is 10.6 Å². The highest BCUT2D eigenvalue weighted by molar-refractivity contribution is 7.99. The highest BCUT2D eigenvalue weighted by Gasteiger charge is 2.23. The van der Waals surface area contributed by atoms with Gasteiger partial charge in [-0.25, -0.2) is 8.42 Å². The zero-order valence-corrected chi connectivity index (χ0v) is 21.5. The normalized spacial score (nSPS) is 11.3. The van der Waals surface area contributed by atoms with Crippen LogP contribution in [-0.4, -0.2) is 34.8 Å². The second-order valence-corrected chi connectivity index (χ2v) is 11.0. The van der Waals surface area contributed by atoms with E-state index in [1.165, 1.54) is 0 Å². The number of amides is 1. The van der Waals surface area contributed by atoms with Crippen molar-refractivity contribution < 1.29 is 17.6 Å². The Morgan fingerprint density at radius 1 is 1.08 bits per heavy atom. The number of thioether (sulfide) groups is 1. The number of carbonyl (C=O) groups excluding carboxylic acids is 1. The minimum Gasteiger partial charge on any atom is -0.444 e. The maximum atomic E-state index is 13.1. The van der Waals surface area contributed by atoms with E-state index in [4.69, 9.17) is 4.42 Å². The first-order valence-corrected chi connectivity index (χ1v) is 13.5. The van der Waals surface area contributed by atoms with Gasteiger partial charge in [0.15, 0.2) is 20.8 Å². The monoisotopic (exact) mass is 521 g/mol. The third-order valence-corrected chi connectivity index (χ3v) is 8.05. The first kappa shape index (κ1) is 25.2. The van der Waals surface area contributed by atoms with Crippen molar-refractivity contribution in [1.82, 2.24) is 14.8 Å². The number of benzene rings is 2. The van der Waals surface area contributed by atoms with E-state index in [1.807, 2.05) is 43.3 Å². The number of aryl methyl sites for hydroxylation is 2. The fraction of sp³-hybridized carbons (Fsp3) is 0.200. The molecule has 1 N–H and O–H groups in total. The average molecular weight is 522 g/mol. The Kier molecular flexibility index (Phi) is 7.28. The van der Waals surface area contributed by atoms with Crippen molar-refractivity contribution in [3.63, 3.8) is 0 Å². The fourth-order valence-corrected chi connectivity index (χ4v) is 5.48. The third-order valence-electron chi connectivity index (χ3n) is 5.50. The molecule has 9 nitrogen and oxygen atoms in total. The van der Waals surface area contributed by atoms with Crippen LogP contribution in [-0.2, 0) is 20.4 Å². The van der Waals surface area contributed by atoms with Crippen LogP contribution in [0.3, 0.4) is 0 Å². The first-order valence-electron chi connectivity index (χ1n) is 10.9. The van der Waals surface area contributed by atoms with Crippen molar-refractivity contribution in [3.8, 4) is 11.8 Å². The summed E-state index contributed by atoms with van der Waals surface area (Å²) in [6.07, 6.45) is 0. The molecule has 1 amide bonds. The third kappa shape index (κ3) is 5.35. The van der Waals surface area contributed by atoms with E-state index in [-0.39, 0.29) is 33.7 Å². The van der Waals surface area contributed by atoms with Crippen molar-refractivity contribution in [1.29, 1.82) is 5.26 Å². The molecule has 2 aromatic heterocycles. The number of anilines is 1. The van der Waals surface area contributed by atoms with E-state index >= 15 is 0 Å². The van der Waals surface area contributed by atoms with Crippen molar-refractivity contribution in [3.05, 3.63) is 82.9 Å². The molecule has 36 heavy (non-hydrogen) atoms. The number of nitrogens with one attached hydrogen (secondary N) is 1. The number of rotatable bonds is 8. The van der Waals surface area contributed by atoms with Crippen LogP contribution in [0.25, 0.3) is 5.69 Å². The highest BCUT2D eigenvalue weighted by atomic mass is 32.2. The van der Waals surface area contributed by atoms with E-state index in [2.05, 4.69) is 15.5 Å². The summed E-state index contributed by atoms with van der Waals surface area (Å²) in [4.78, 5) is 12.8. The van der Waals surface area contributed by atoms with Crippen LogP contribution in [0, 0.1) is 32.1 Å². The number of hydrogen-bond acceptors (Lipinski definition) is 8. The molecule has 4 aromatic rings. The zero-order chi connectivity index (χ0) is 25.9. The van der Waals surface area contributed by atoms with Gasteiger partial charge in [-0.05, 0) is 45.0 Å². The van der Waals surface area contributed by atoms with Gasteiger partial charge in [-0.3, -0.25) is 14.7 Å². The maximum absolute atomic E-state index is 13.1. The molecule has 4 rings (SSSR count). The molecule has 0 aliphatic rings. The number of carbonyl (C=O) groups is 1. The van der Waals surface area contributed by atoms with Gasteiger partial charge >= 0.3 is 0 Å². The predicted octanol–water partition coefficient (Wildman–Crippen LogP) is 4.36. The van der Waals surface area contributed by atoms with E-state index in [9.17, 15) is 18.5 Å². The molecule has 2 aromatic carbocycles. The molecule has 0 atom stereocenters. The number of para-hydroxylation sites is 1. The Morgan fingerprint density at radius 3 is 2.44 bits per heavy atom. The molecule has 2 heterocycles. The molecule has 0 unspecified atom stereocenters. The summed E-state index contributed by atoms with van der Waals surface area (Å²) in [5.74, 6) is 0.0706. The smallest absolute Gasteiger partial charge is 0.237 e. The van der Waals surface area contributed by atoms with Gasteiger partial charge in [0, 0.05) is 11.3 Å². The van der Waals surface area contributed by atoms with Crippen LogP contribution in [0.15, 0.2) is 69.1 Å². The summed E-state index contributed by atoms with van der Waals surface area (Å²) in [5, 5.41) is 20.6. The molecule has 184 valence electrons. The summed E-state index contributed by atoms with van der Waals surface area (Å²) < 4.78 is 33.3. The van der Waals surface area contributed by atoms with Gasteiger partial charge in [0.2, 0.25) is 11.8 Å². The lowest BCUT2D eigenvalue weighted by molar-refractivity contribution is -0.113. The fourth-order valence-electron chi connectivity index (χ4n) is 3.47. The Hall–Kier alpha value is -3.88. The van der Waals surface area contributed by atoms with Crippen LogP contribution in [0.1, 0.15) is 28.3 Å². The Morgan fingerprint density at radius 2 is 1.78 bits per heavy atom. The minimum atomic E-state index is -3.68. The largest absolute Gasteiger partial charge is 0.444 e. The van der Waals surface area contributed by atoms with Crippen molar-refractivity contribution >= 4 is 33.4 Å². The Balaban J connectivity index is 1.58. The molecular formula is C25H23N5O4S2. The van der Waals surface area contributed by atoms with Crippen LogP contribution < -0.4 is 5.32 Å². The van der Waals surface area contributed by atoms with E-state index in [0.29, 0.717) is 22.2 Å². The zero-order valence-electron chi connectivity index (χ0n) is 19.8. The summed E-state index contributed by atoms with van der Waals surface area (Å²) in [5.41, 5.74) is 2.58. The molecule has 0 fully saturated rings. The van der Waals surface area contributed by atoms with Gasteiger partial charge in [-0.15, -0.1) is 10.2 Å². The first-order chi connectivity index (χ1) is 17.2. The number of furan rings is 1. The van der Waals surface area contributed by atoms with Crippen LogP contribution in [0.2, 0.25) is 0 Å². The lowest BCUT2D eigenvalue weighted by Crippen LogP contribution is -2.15. The van der Waals surface area contributed by atoms with Crippen molar-refractivity contribution in [2.75, 3.05) is 11.1 Å². The molecule has 0 saturated carbocycles. The van der Waals surface area contributed by atoms with Gasteiger partial charge < -0.3 is 4.42 Å². The van der Waals surface area contributed by atoms with E-state index in [1.54, 1.807) is 42.7 Å². The lowest BCUT2D eigenvalue weighted by Gasteiger charge is -2.11. The minimum absolute atomic E-state index is 0.0562. The summed E-state index contributed by atoms with van der Waals surface area (Å²) >= 11 is 1.10. The summed E-state index contributed by atoms with van der Waals surface area (Å²) in [6.45, 7) is 5.35. The van der Waals surface area contributed by atoms with Gasteiger partial charge in [0.25, 0.3) is 0 Å². The molecule has 0 saturated heterocycles. The number of aromatic nitrogens is 3. The molecule has 0 radical (unpaired) electrons. The van der Waals surface area contributed by atoms with E-state index < -0.39 is 15.7 Å². The molecular weight excluding hydrogens is 498 g/mol. The SMILES string of the molecule is Cc1ccc(S(=O)(=O)Cc2nnc(SCC(=O)Nc3oc(C)c(C)c3C#N)n2-c2ccccc2)cc1. The van der Waals surface area contributed by atoms with Crippen molar-refractivity contribution in [2.45, 2.75) is 36.6 Å². The quantitative estimate of drug-likeness (QED) is 0.338. The lowest BCUT2D eigenvalue weighted by atomic mass is 10.2. The van der Waals surface area contributed by atoms with Crippen LogP contribution in [0.4, 0.5) is 5.88 Å². The molecule has 0 aliphatic heterocycles. The second kappa shape index (κ2) is 10.4. The number of nitrogens with zero attached hydrogens (tertiary/aromatic N) is 4. The molecule has 0 spiro atoms. The molecule has 0 bridgehead atoms. The topological polar surface area (TPSA) is 131 Å². The second-order valence-electron chi connectivity index (χ2n) is 8.08. The number of nitriles is 1. The Labute approximate surface area is 213 Å². The number of sulfone groups is 1. The standard InChI is InChI=1S/C25H23N5O4S2/c1-16-9-11-20(12-10-16)36(32,33)15-22-28-29-25(30(22)19-7-5-4-6-8-19)35-14-23(31)27-24-21(13-26)17(2)18(3)34-24/h4-12H,14-15H2,1-3H3,(H,27,31). The predicted molar refractivity (Wildman–Crippen MR) is 136 cm³/mol. The van der Waals surface area contributed by atoms with E-state index in [0.717, 1.165) is 17.3 Å². The van der Waals surface area contributed by atoms with Gasteiger partial charge in [-0.1, -0.05) is 47.7 Å². The van der Waals surface area contributed by atoms with Gasteiger partial charge in [-0.2, -0.15) is 5.26 Å². The summed E-state index contributed by atoms with van der Waals surface area (Å²) in [6, 6.07) is 17.8. The molecule has 0 aliphatic carbocycles. The highest BCUT2D eigenvalue weighted by Crippen LogP contribution is 2.27. The maximum Gasteiger partial charge on any atom is 0.237 e. The van der Waals surface area contributed by atoms with Crippen LogP contribution >= 0.6 is 11.8 Å². The summed E-state index contributed by atoms with van der Waals surface area (Å²) in [7, 11) is -3.68. The average Bonchev–Trinajstić information content (AvgIpc) is 3.37. The van der Waals surface area contributed by atoms with Crippen LogP contribution in [0.5, 0.6) is 0 Å². The number of hydrogen-bond donors (Lipinski definition) is 1. The molecule has 11 heteroatoms. The van der Waals surface area contributed by atoms with Crippen molar-refractivity contribution in [2.24, 2.45) is 0 Å². The Bertz CT molecular complexity index is 1550. The van der Waals surface area contributed by atoms with Gasteiger partial charge in [0.1, 0.15) is 23.1 Å².